The number of rotatable bonds is 2. The lowest BCUT2D eigenvalue weighted by Gasteiger charge is -2.62. The zero-order valence-corrected chi connectivity index (χ0v) is 19.2. The van der Waals surface area contributed by atoms with Gasteiger partial charge in [-0.25, -0.2) is 4.98 Å². The van der Waals surface area contributed by atoms with Crippen molar-refractivity contribution in [3.63, 3.8) is 0 Å². The molecule has 0 N–H and O–H groups in total. The predicted molar refractivity (Wildman–Crippen MR) is 120 cm³/mol. The summed E-state index contributed by atoms with van der Waals surface area (Å²) in [7, 11) is 0. The molecule has 0 aromatic carbocycles. The van der Waals surface area contributed by atoms with Crippen molar-refractivity contribution in [2.24, 2.45) is 28.6 Å². The molecular formula is C26H37N3O. The van der Waals surface area contributed by atoms with Crippen LogP contribution in [0.25, 0.3) is 5.57 Å². The van der Waals surface area contributed by atoms with Crippen molar-refractivity contribution in [2.75, 3.05) is 6.54 Å². The van der Waals surface area contributed by atoms with Gasteiger partial charge >= 0.3 is 0 Å². The van der Waals surface area contributed by atoms with Gasteiger partial charge in [-0.3, -0.25) is 9.78 Å². The number of carbonyl (C=O) groups excluding carboxylic acids is 1. The molecule has 30 heavy (non-hydrogen) atoms. The Morgan fingerprint density at radius 2 is 2.00 bits per heavy atom. The summed E-state index contributed by atoms with van der Waals surface area (Å²) in [6, 6.07) is 0.454. The number of fused-ring (bicyclic) bond motifs is 5. The van der Waals surface area contributed by atoms with E-state index in [4.69, 9.17) is 4.98 Å². The minimum atomic E-state index is 0.223. The molecule has 1 aromatic heterocycles. The van der Waals surface area contributed by atoms with Gasteiger partial charge in [0.2, 0.25) is 5.91 Å². The van der Waals surface area contributed by atoms with Crippen molar-refractivity contribution in [3.8, 4) is 0 Å². The Morgan fingerprint density at radius 3 is 2.77 bits per heavy atom. The lowest BCUT2D eigenvalue weighted by Crippen LogP contribution is -2.61. The summed E-state index contributed by atoms with van der Waals surface area (Å²) in [4.78, 5) is 24.0. The first kappa shape index (κ1) is 20.2. The van der Waals surface area contributed by atoms with E-state index in [0.717, 1.165) is 36.2 Å². The van der Waals surface area contributed by atoms with E-state index in [1.165, 1.54) is 50.5 Å². The van der Waals surface area contributed by atoms with Crippen LogP contribution in [0.3, 0.4) is 0 Å². The lowest BCUT2D eigenvalue weighted by atomic mass is 9.47. The van der Waals surface area contributed by atoms with Crippen molar-refractivity contribution < 1.29 is 4.79 Å². The van der Waals surface area contributed by atoms with Gasteiger partial charge in [0.15, 0.2) is 0 Å². The molecule has 1 aliphatic heterocycles. The molecule has 1 amide bonds. The Hall–Kier alpha value is -1.71. The average Bonchev–Trinajstić information content (AvgIpc) is 3.10. The maximum Gasteiger partial charge on any atom is 0.219 e. The number of carbonyl (C=O) groups is 1. The summed E-state index contributed by atoms with van der Waals surface area (Å²) in [5, 5.41) is 0. The van der Waals surface area contributed by atoms with Crippen molar-refractivity contribution in [1.29, 1.82) is 0 Å². The Bertz CT molecular complexity index is 879. The molecule has 2 saturated carbocycles. The van der Waals surface area contributed by atoms with Crippen LogP contribution in [0, 0.1) is 28.6 Å². The molecule has 0 bridgehead atoms. The second kappa shape index (κ2) is 7.17. The van der Waals surface area contributed by atoms with Crippen LogP contribution in [0.4, 0.5) is 0 Å². The average molecular weight is 408 g/mol. The second-order valence-electron chi connectivity index (χ2n) is 10.9. The van der Waals surface area contributed by atoms with Crippen LogP contribution >= 0.6 is 0 Å². The van der Waals surface area contributed by atoms with Gasteiger partial charge in [0.05, 0.1) is 17.6 Å². The molecular weight excluding hydrogens is 370 g/mol. The Balaban J connectivity index is 1.44. The number of aromatic nitrogens is 2. The fraction of sp³-hybridized carbons (Fsp3) is 0.731. The van der Waals surface area contributed by atoms with Gasteiger partial charge in [0, 0.05) is 25.7 Å². The van der Waals surface area contributed by atoms with E-state index in [0.29, 0.717) is 17.4 Å². The van der Waals surface area contributed by atoms with Gasteiger partial charge in [0.25, 0.3) is 0 Å². The smallest absolute Gasteiger partial charge is 0.219 e. The van der Waals surface area contributed by atoms with Gasteiger partial charge in [-0.05, 0) is 85.5 Å². The van der Waals surface area contributed by atoms with Gasteiger partial charge in [-0.15, -0.1) is 0 Å². The highest BCUT2D eigenvalue weighted by molar-refractivity contribution is 5.74. The number of hydrogen-bond acceptors (Lipinski definition) is 3. The molecule has 5 rings (SSSR count). The summed E-state index contributed by atoms with van der Waals surface area (Å²) in [6.07, 6.45) is 15.9. The largest absolute Gasteiger partial charge is 0.339 e. The normalized spacial score (nSPS) is 40.3. The molecule has 4 aliphatic rings. The minimum Gasteiger partial charge on any atom is -0.339 e. The van der Waals surface area contributed by atoms with Gasteiger partial charge in [0.1, 0.15) is 0 Å². The van der Waals surface area contributed by atoms with Crippen LogP contribution in [0.5, 0.6) is 0 Å². The molecule has 6 atom stereocenters. The molecule has 0 radical (unpaired) electrons. The van der Waals surface area contributed by atoms with Crippen molar-refractivity contribution in [2.45, 2.75) is 85.1 Å². The third kappa shape index (κ3) is 2.81. The SMILES string of the molecule is CCc1cncc(C2=CC[C@H]3[C@@H]4CCC5N(C(C)=O)CCC[C@]5(C)C4CC[C@]23C)n1. The molecule has 1 aromatic rings. The van der Waals surface area contributed by atoms with Gasteiger partial charge < -0.3 is 4.90 Å². The number of nitrogens with zero attached hydrogens (tertiary/aromatic N) is 3. The van der Waals surface area contributed by atoms with Gasteiger partial charge in [-0.2, -0.15) is 0 Å². The summed E-state index contributed by atoms with van der Waals surface area (Å²) < 4.78 is 0. The molecule has 3 fully saturated rings. The van der Waals surface area contributed by atoms with Crippen LogP contribution in [0.1, 0.15) is 84.0 Å². The number of aryl methyl sites for hydroxylation is 1. The molecule has 4 heteroatoms. The Kier molecular flexibility index (Phi) is 4.83. The van der Waals surface area contributed by atoms with Crippen LogP contribution in [-0.2, 0) is 11.2 Å². The number of hydrogen-bond donors (Lipinski definition) is 0. The van der Waals surface area contributed by atoms with Crippen LogP contribution in [0.15, 0.2) is 18.5 Å². The number of amides is 1. The van der Waals surface area contributed by atoms with E-state index in [9.17, 15) is 4.79 Å². The summed E-state index contributed by atoms with van der Waals surface area (Å²) >= 11 is 0. The fourth-order valence-corrected chi connectivity index (χ4v) is 8.13. The molecule has 2 heterocycles. The molecule has 4 nitrogen and oxygen atoms in total. The maximum atomic E-state index is 12.3. The van der Waals surface area contributed by atoms with Crippen LogP contribution in [0.2, 0.25) is 0 Å². The topological polar surface area (TPSA) is 46.1 Å². The highest BCUT2D eigenvalue weighted by atomic mass is 16.2. The monoisotopic (exact) mass is 407 g/mol. The highest BCUT2D eigenvalue weighted by Gasteiger charge is 2.59. The zero-order chi connectivity index (χ0) is 21.1. The number of likely N-dealkylation sites (tertiary alicyclic amines) is 1. The third-order valence-electron chi connectivity index (χ3n) is 9.62. The van der Waals surface area contributed by atoms with E-state index in [-0.39, 0.29) is 11.3 Å². The standard InChI is InChI=1S/C26H37N3O/c1-5-18-15-27-16-23(28-18)22-9-8-20-19-7-10-24-26(4,12-6-14-29(24)17(2)30)21(19)11-13-25(20,22)3/h9,15-16,19-21,24H,5-8,10-14H2,1-4H3/t19-,20-,21?,24?,25-,26+/m0/s1. The minimum absolute atomic E-state index is 0.223. The van der Waals surface area contributed by atoms with E-state index < -0.39 is 0 Å². The van der Waals surface area contributed by atoms with Crippen molar-refractivity contribution in [1.82, 2.24) is 14.9 Å². The first-order chi connectivity index (χ1) is 14.4. The Morgan fingerprint density at radius 1 is 1.17 bits per heavy atom. The molecule has 2 unspecified atom stereocenters. The summed E-state index contributed by atoms with van der Waals surface area (Å²) in [5.74, 6) is 2.51. The summed E-state index contributed by atoms with van der Waals surface area (Å²) in [5.41, 5.74) is 4.17. The van der Waals surface area contributed by atoms with E-state index in [2.05, 4.69) is 36.7 Å². The second-order valence-corrected chi connectivity index (χ2v) is 10.9. The van der Waals surface area contributed by atoms with E-state index >= 15 is 0 Å². The summed E-state index contributed by atoms with van der Waals surface area (Å²) in [6.45, 7) is 9.91. The predicted octanol–water partition coefficient (Wildman–Crippen LogP) is 5.29. The highest BCUT2D eigenvalue weighted by Crippen LogP contribution is 2.66. The van der Waals surface area contributed by atoms with E-state index in [1.807, 2.05) is 12.4 Å². The zero-order valence-electron chi connectivity index (χ0n) is 19.2. The maximum absolute atomic E-state index is 12.3. The first-order valence-electron chi connectivity index (χ1n) is 12.2. The first-order valence-corrected chi connectivity index (χ1v) is 12.2. The number of piperidine rings is 1. The van der Waals surface area contributed by atoms with Crippen LogP contribution in [-0.4, -0.2) is 33.4 Å². The third-order valence-corrected chi connectivity index (χ3v) is 9.62. The van der Waals surface area contributed by atoms with Gasteiger partial charge in [-0.1, -0.05) is 26.8 Å². The van der Waals surface area contributed by atoms with Crippen molar-refractivity contribution >= 4 is 11.5 Å². The number of allylic oxidation sites excluding steroid dienone is 2. The Labute approximate surface area is 181 Å². The lowest BCUT2D eigenvalue weighted by molar-refractivity contribution is -0.151. The fourth-order valence-electron chi connectivity index (χ4n) is 8.13. The molecule has 162 valence electrons. The quantitative estimate of drug-likeness (QED) is 0.669. The molecule has 0 spiro atoms. The van der Waals surface area contributed by atoms with Crippen LogP contribution < -0.4 is 0 Å². The van der Waals surface area contributed by atoms with E-state index in [1.54, 1.807) is 6.92 Å². The molecule has 1 saturated heterocycles. The molecule has 3 aliphatic carbocycles. The van der Waals surface area contributed by atoms with Crippen molar-refractivity contribution in [3.05, 3.63) is 29.9 Å².